The van der Waals surface area contributed by atoms with Crippen LogP contribution in [0.2, 0.25) is 10.0 Å². The molecule has 2 aromatic carbocycles. The molecule has 3 aromatic rings. The molecule has 0 bridgehead atoms. The topological polar surface area (TPSA) is 89.5 Å². The van der Waals surface area contributed by atoms with Crippen LogP contribution in [0.1, 0.15) is 16.1 Å². The molecule has 1 amide bonds. The second kappa shape index (κ2) is 8.03. The first-order valence-corrected chi connectivity index (χ1v) is 8.42. The van der Waals surface area contributed by atoms with Gasteiger partial charge in [0.1, 0.15) is 0 Å². The van der Waals surface area contributed by atoms with Crippen molar-refractivity contribution in [3.05, 3.63) is 92.2 Å². The molecule has 3 rings (SSSR count). The molecule has 0 aliphatic rings. The number of nitro benzene ring substituents is 1. The number of carbonyl (C=O) groups is 1. The summed E-state index contributed by atoms with van der Waals surface area (Å²) in [5.41, 5.74) is 4.06. The number of non-ortho nitro benzene ring substituents is 1. The highest BCUT2D eigenvalue weighted by Gasteiger charge is 2.10. The first-order chi connectivity index (χ1) is 13.0. The van der Waals surface area contributed by atoms with Gasteiger partial charge >= 0.3 is 0 Å². The molecule has 0 atom stereocenters. The van der Waals surface area contributed by atoms with E-state index in [-0.39, 0.29) is 16.3 Å². The van der Waals surface area contributed by atoms with Gasteiger partial charge in [-0.25, -0.2) is 5.43 Å². The summed E-state index contributed by atoms with van der Waals surface area (Å²) in [5.74, 6) is -0.471. The van der Waals surface area contributed by atoms with Crippen LogP contribution in [0.4, 0.5) is 5.69 Å². The summed E-state index contributed by atoms with van der Waals surface area (Å²) in [5, 5.41) is 15.3. The maximum absolute atomic E-state index is 12.1. The molecule has 0 saturated heterocycles. The highest BCUT2D eigenvalue weighted by Crippen LogP contribution is 2.21. The van der Waals surface area contributed by atoms with Crippen molar-refractivity contribution in [1.29, 1.82) is 0 Å². The van der Waals surface area contributed by atoms with Crippen molar-refractivity contribution in [2.75, 3.05) is 0 Å². The number of carbonyl (C=O) groups excluding carboxylic acids is 1. The van der Waals surface area contributed by atoms with Crippen LogP contribution in [-0.2, 0) is 0 Å². The Bertz CT molecular complexity index is 1030. The van der Waals surface area contributed by atoms with Crippen molar-refractivity contribution >= 4 is 41.0 Å². The summed E-state index contributed by atoms with van der Waals surface area (Å²) in [6, 6.07) is 14.2. The monoisotopic (exact) mass is 402 g/mol. The van der Waals surface area contributed by atoms with Crippen molar-refractivity contribution in [3.8, 4) is 5.69 Å². The van der Waals surface area contributed by atoms with Crippen molar-refractivity contribution in [2.45, 2.75) is 0 Å². The molecule has 7 nitrogen and oxygen atoms in total. The van der Waals surface area contributed by atoms with Gasteiger partial charge in [0, 0.05) is 29.0 Å². The Labute approximate surface area is 164 Å². The van der Waals surface area contributed by atoms with E-state index in [1.807, 2.05) is 0 Å². The van der Waals surface area contributed by atoms with E-state index in [0.717, 1.165) is 5.69 Å². The van der Waals surface area contributed by atoms with Crippen molar-refractivity contribution in [3.63, 3.8) is 0 Å². The molecular weight excluding hydrogens is 391 g/mol. The van der Waals surface area contributed by atoms with Crippen LogP contribution in [0.3, 0.4) is 0 Å². The zero-order valence-corrected chi connectivity index (χ0v) is 15.2. The second-order valence-corrected chi connectivity index (χ2v) is 6.24. The third-order valence-corrected chi connectivity index (χ3v) is 4.21. The number of aromatic nitrogens is 1. The summed E-state index contributed by atoms with van der Waals surface area (Å²) in [7, 11) is 0. The van der Waals surface area contributed by atoms with Crippen LogP contribution in [-0.4, -0.2) is 21.6 Å². The van der Waals surface area contributed by atoms with Gasteiger partial charge in [-0.3, -0.25) is 14.9 Å². The molecule has 136 valence electrons. The second-order valence-electron chi connectivity index (χ2n) is 5.40. The van der Waals surface area contributed by atoms with Crippen LogP contribution in [0, 0.1) is 10.1 Å². The van der Waals surface area contributed by atoms with E-state index in [4.69, 9.17) is 23.2 Å². The number of benzene rings is 2. The number of halogens is 2. The van der Waals surface area contributed by atoms with Gasteiger partial charge in [-0.15, -0.1) is 0 Å². The quantitative estimate of drug-likeness (QED) is 0.388. The predicted molar refractivity (Wildman–Crippen MR) is 104 cm³/mol. The molecule has 0 unspecified atom stereocenters. The van der Waals surface area contributed by atoms with E-state index in [1.165, 1.54) is 30.5 Å². The molecule has 0 spiro atoms. The van der Waals surface area contributed by atoms with Gasteiger partial charge in [0.25, 0.3) is 11.6 Å². The Kier molecular flexibility index (Phi) is 5.54. The molecule has 1 aromatic heterocycles. The Morgan fingerprint density at radius 2 is 1.89 bits per heavy atom. The summed E-state index contributed by atoms with van der Waals surface area (Å²) in [4.78, 5) is 22.4. The van der Waals surface area contributed by atoms with Gasteiger partial charge in [-0.1, -0.05) is 23.2 Å². The van der Waals surface area contributed by atoms with E-state index >= 15 is 0 Å². The van der Waals surface area contributed by atoms with Crippen molar-refractivity contribution < 1.29 is 9.72 Å². The molecule has 0 aliphatic heterocycles. The molecule has 0 fully saturated rings. The average Bonchev–Trinajstić information content (AvgIpc) is 3.10. The minimum atomic E-state index is -0.471. The van der Waals surface area contributed by atoms with Crippen LogP contribution in [0.15, 0.2) is 65.9 Å². The SMILES string of the molecule is O=C(N/N=C\c1cccn1-c1ccc([N+](=O)[O-])cc1)c1ccc(Cl)cc1Cl. The lowest BCUT2D eigenvalue weighted by molar-refractivity contribution is -0.384. The normalized spacial score (nSPS) is 10.9. The number of hydrazone groups is 1. The lowest BCUT2D eigenvalue weighted by Crippen LogP contribution is -2.18. The Morgan fingerprint density at radius 1 is 1.15 bits per heavy atom. The van der Waals surface area contributed by atoms with Crippen LogP contribution < -0.4 is 5.43 Å². The minimum absolute atomic E-state index is 0.00762. The lowest BCUT2D eigenvalue weighted by Gasteiger charge is -2.06. The third kappa shape index (κ3) is 4.33. The molecular formula is C18H12Cl2N4O3. The Morgan fingerprint density at radius 3 is 2.56 bits per heavy atom. The molecule has 0 aliphatic carbocycles. The van der Waals surface area contributed by atoms with Gasteiger partial charge in [-0.05, 0) is 42.5 Å². The fraction of sp³-hybridized carbons (Fsp3) is 0. The number of hydrogen-bond acceptors (Lipinski definition) is 4. The standard InChI is InChI=1S/C18H12Cl2N4O3/c19-12-3-8-16(17(20)10-12)18(25)22-21-11-15-2-1-9-23(15)13-4-6-14(7-5-13)24(26)27/h1-11H,(H,22,25)/b21-11-. The molecule has 0 saturated carbocycles. The zero-order chi connectivity index (χ0) is 19.4. The Balaban J connectivity index is 1.74. The first kappa shape index (κ1) is 18.6. The highest BCUT2D eigenvalue weighted by atomic mass is 35.5. The molecule has 9 heteroatoms. The number of hydrogen-bond donors (Lipinski definition) is 1. The van der Waals surface area contributed by atoms with Gasteiger partial charge in [0.15, 0.2) is 0 Å². The number of nitrogens with zero attached hydrogens (tertiary/aromatic N) is 3. The zero-order valence-electron chi connectivity index (χ0n) is 13.7. The summed E-state index contributed by atoms with van der Waals surface area (Å²) < 4.78 is 1.77. The van der Waals surface area contributed by atoms with E-state index in [1.54, 1.807) is 41.1 Å². The fourth-order valence-corrected chi connectivity index (χ4v) is 2.85. The van der Waals surface area contributed by atoms with Crippen molar-refractivity contribution in [2.24, 2.45) is 5.10 Å². The maximum atomic E-state index is 12.1. The van der Waals surface area contributed by atoms with Crippen LogP contribution in [0.25, 0.3) is 5.69 Å². The van der Waals surface area contributed by atoms with E-state index in [2.05, 4.69) is 10.5 Å². The number of nitrogens with one attached hydrogen (secondary N) is 1. The number of nitro groups is 1. The lowest BCUT2D eigenvalue weighted by atomic mass is 10.2. The fourth-order valence-electron chi connectivity index (χ4n) is 2.36. The molecule has 27 heavy (non-hydrogen) atoms. The Hall–Kier alpha value is -3.16. The van der Waals surface area contributed by atoms with Gasteiger partial charge in [0.2, 0.25) is 0 Å². The van der Waals surface area contributed by atoms with Gasteiger partial charge in [-0.2, -0.15) is 5.10 Å². The van der Waals surface area contributed by atoms with Crippen LogP contribution >= 0.6 is 23.2 Å². The summed E-state index contributed by atoms with van der Waals surface area (Å²) in [6.45, 7) is 0. The highest BCUT2D eigenvalue weighted by molar-refractivity contribution is 6.36. The molecule has 1 heterocycles. The van der Waals surface area contributed by atoms with E-state index in [9.17, 15) is 14.9 Å². The van der Waals surface area contributed by atoms with E-state index in [0.29, 0.717) is 10.7 Å². The van der Waals surface area contributed by atoms with Crippen molar-refractivity contribution in [1.82, 2.24) is 9.99 Å². The third-order valence-electron chi connectivity index (χ3n) is 3.66. The molecule has 0 radical (unpaired) electrons. The number of rotatable bonds is 5. The smallest absolute Gasteiger partial charge is 0.272 e. The predicted octanol–water partition coefficient (Wildman–Crippen LogP) is 4.46. The number of amides is 1. The van der Waals surface area contributed by atoms with Gasteiger partial charge < -0.3 is 4.57 Å². The summed E-state index contributed by atoms with van der Waals surface area (Å²) in [6.07, 6.45) is 3.24. The largest absolute Gasteiger partial charge is 0.316 e. The first-order valence-electron chi connectivity index (χ1n) is 7.66. The average molecular weight is 403 g/mol. The maximum Gasteiger partial charge on any atom is 0.272 e. The summed E-state index contributed by atoms with van der Waals surface area (Å²) >= 11 is 11.8. The van der Waals surface area contributed by atoms with Gasteiger partial charge in [0.05, 0.1) is 27.4 Å². The minimum Gasteiger partial charge on any atom is -0.316 e. The molecule has 1 N–H and O–H groups in total. The van der Waals surface area contributed by atoms with Crippen LogP contribution in [0.5, 0.6) is 0 Å². The van der Waals surface area contributed by atoms with E-state index < -0.39 is 10.8 Å².